The standard InChI is InChI=1S/C17H29N3.C6H12O2/c1-3-4-5-6-7-8-9-10-11-12-17-19-14-16(20-17)15(2)13-18;1-6(2,3)4-5(7)8/h14-15H,3-12H2,1-2H3,(H,19,20);4H2,1-3H3,(H,7,8). The fraction of sp³-hybridized carbons (Fsp3) is 0.783. The van der Waals surface area contributed by atoms with Gasteiger partial charge in [-0.3, -0.25) is 4.79 Å². The molecule has 0 bridgehead atoms. The van der Waals surface area contributed by atoms with Crippen LogP contribution in [0.4, 0.5) is 0 Å². The summed E-state index contributed by atoms with van der Waals surface area (Å²) in [4.78, 5) is 17.6. The van der Waals surface area contributed by atoms with Crippen molar-refractivity contribution in [3.05, 3.63) is 17.7 Å². The Balaban J connectivity index is 0.000000769. The van der Waals surface area contributed by atoms with E-state index >= 15 is 0 Å². The summed E-state index contributed by atoms with van der Waals surface area (Å²) >= 11 is 0. The Morgan fingerprint density at radius 3 is 2.11 bits per heavy atom. The van der Waals surface area contributed by atoms with Crippen LogP contribution in [0.15, 0.2) is 6.20 Å². The van der Waals surface area contributed by atoms with Crippen LogP contribution >= 0.6 is 0 Å². The number of nitrogens with zero attached hydrogens (tertiary/aromatic N) is 2. The van der Waals surface area contributed by atoms with Crippen molar-refractivity contribution in [3.63, 3.8) is 0 Å². The molecule has 5 heteroatoms. The Kier molecular flexibility index (Phi) is 14.1. The molecule has 0 aliphatic rings. The highest BCUT2D eigenvalue weighted by Crippen LogP contribution is 2.17. The Bertz CT molecular complexity index is 567. The number of carbonyl (C=O) groups is 1. The van der Waals surface area contributed by atoms with Gasteiger partial charge in [0.2, 0.25) is 0 Å². The third kappa shape index (κ3) is 15.2. The van der Waals surface area contributed by atoms with Crippen LogP contribution < -0.4 is 0 Å². The summed E-state index contributed by atoms with van der Waals surface area (Å²) in [5.74, 6) is 0.224. The smallest absolute Gasteiger partial charge is 0.303 e. The highest BCUT2D eigenvalue weighted by atomic mass is 16.4. The number of aliphatic carboxylic acids is 1. The first-order valence-corrected chi connectivity index (χ1v) is 10.8. The second kappa shape index (κ2) is 15.1. The van der Waals surface area contributed by atoms with E-state index in [0.29, 0.717) is 0 Å². The van der Waals surface area contributed by atoms with Gasteiger partial charge in [0, 0.05) is 12.6 Å². The van der Waals surface area contributed by atoms with E-state index in [1.165, 1.54) is 57.8 Å². The molecule has 1 heterocycles. The van der Waals surface area contributed by atoms with Crippen LogP contribution in [-0.4, -0.2) is 21.0 Å². The molecule has 1 aromatic rings. The van der Waals surface area contributed by atoms with Gasteiger partial charge >= 0.3 is 5.97 Å². The van der Waals surface area contributed by atoms with Gasteiger partial charge in [-0.2, -0.15) is 5.26 Å². The van der Waals surface area contributed by atoms with Crippen molar-refractivity contribution in [1.82, 2.24) is 9.97 Å². The van der Waals surface area contributed by atoms with Gasteiger partial charge in [0.25, 0.3) is 0 Å². The number of carboxylic acids is 1. The number of unbranched alkanes of at least 4 members (excludes halogenated alkanes) is 8. The maximum atomic E-state index is 10.0. The van der Waals surface area contributed by atoms with Crippen LogP contribution in [0.25, 0.3) is 0 Å². The molecule has 0 saturated heterocycles. The van der Waals surface area contributed by atoms with Gasteiger partial charge in [-0.1, -0.05) is 79.1 Å². The molecule has 0 amide bonds. The molecule has 2 N–H and O–H groups in total. The number of imidazole rings is 1. The number of hydrogen-bond donors (Lipinski definition) is 2. The third-order valence-electron chi connectivity index (χ3n) is 4.51. The van der Waals surface area contributed by atoms with Crippen molar-refractivity contribution < 1.29 is 9.90 Å². The zero-order valence-corrected chi connectivity index (χ0v) is 18.7. The Labute approximate surface area is 172 Å². The second-order valence-electron chi connectivity index (χ2n) is 8.85. The van der Waals surface area contributed by atoms with Gasteiger partial charge in [-0.05, 0) is 18.8 Å². The van der Waals surface area contributed by atoms with Crippen LogP contribution in [0.5, 0.6) is 0 Å². The summed E-state index contributed by atoms with van der Waals surface area (Å²) in [6.07, 6.45) is 15.2. The van der Waals surface area contributed by atoms with Gasteiger partial charge in [-0.15, -0.1) is 0 Å². The number of nitrogens with one attached hydrogen (secondary N) is 1. The number of hydrogen-bond acceptors (Lipinski definition) is 3. The molecular weight excluding hydrogens is 350 g/mol. The van der Waals surface area contributed by atoms with Crippen LogP contribution in [0.2, 0.25) is 0 Å². The molecule has 1 rings (SSSR count). The van der Waals surface area contributed by atoms with Gasteiger partial charge in [0.05, 0.1) is 24.1 Å². The first-order valence-electron chi connectivity index (χ1n) is 10.8. The summed E-state index contributed by atoms with van der Waals surface area (Å²) in [7, 11) is 0. The molecule has 1 atom stereocenters. The van der Waals surface area contributed by atoms with Crippen LogP contribution in [-0.2, 0) is 11.2 Å². The lowest BCUT2D eigenvalue weighted by Gasteiger charge is -2.13. The maximum Gasteiger partial charge on any atom is 0.303 e. The normalized spacial score (nSPS) is 12.0. The van der Waals surface area contributed by atoms with Gasteiger partial charge < -0.3 is 10.1 Å². The minimum absolute atomic E-state index is 0.0775. The highest BCUT2D eigenvalue weighted by Gasteiger charge is 2.13. The molecular formula is C23H41N3O2. The minimum atomic E-state index is -0.725. The fourth-order valence-corrected chi connectivity index (χ4v) is 2.85. The summed E-state index contributed by atoms with van der Waals surface area (Å²) in [6, 6.07) is 2.23. The maximum absolute atomic E-state index is 10.0. The lowest BCUT2D eigenvalue weighted by Crippen LogP contribution is -2.11. The van der Waals surface area contributed by atoms with Crippen LogP contribution in [0.3, 0.4) is 0 Å². The average Bonchev–Trinajstić information content (AvgIpc) is 3.07. The molecule has 1 aromatic heterocycles. The monoisotopic (exact) mass is 391 g/mol. The molecule has 0 aliphatic carbocycles. The zero-order valence-electron chi connectivity index (χ0n) is 18.7. The SMILES string of the molecule is CC(C)(C)CC(=O)O.CCCCCCCCCCCc1ncc(C(C)C#N)[nH]1. The molecule has 160 valence electrons. The van der Waals surface area contributed by atoms with Crippen molar-refractivity contribution in [3.8, 4) is 6.07 Å². The molecule has 28 heavy (non-hydrogen) atoms. The summed E-state index contributed by atoms with van der Waals surface area (Å²) in [6.45, 7) is 9.87. The predicted molar refractivity (Wildman–Crippen MR) is 115 cm³/mol. The summed E-state index contributed by atoms with van der Waals surface area (Å²) < 4.78 is 0. The van der Waals surface area contributed by atoms with Crippen LogP contribution in [0.1, 0.15) is 116 Å². The number of aromatic amines is 1. The van der Waals surface area contributed by atoms with E-state index in [-0.39, 0.29) is 17.8 Å². The topological polar surface area (TPSA) is 89.8 Å². The fourth-order valence-electron chi connectivity index (χ4n) is 2.85. The first-order chi connectivity index (χ1) is 13.2. The molecule has 5 nitrogen and oxygen atoms in total. The molecule has 0 radical (unpaired) electrons. The average molecular weight is 392 g/mol. The van der Waals surface area contributed by atoms with E-state index in [4.69, 9.17) is 10.4 Å². The Morgan fingerprint density at radius 2 is 1.68 bits per heavy atom. The number of nitriles is 1. The summed E-state index contributed by atoms with van der Waals surface area (Å²) in [5.41, 5.74) is 0.865. The van der Waals surface area contributed by atoms with Crippen molar-refractivity contribution in [2.75, 3.05) is 0 Å². The number of carboxylic acid groups (broad SMARTS) is 1. The third-order valence-corrected chi connectivity index (χ3v) is 4.51. The minimum Gasteiger partial charge on any atom is -0.481 e. The molecule has 0 aromatic carbocycles. The van der Waals surface area contributed by atoms with E-state index in [2.05, 4.69) is 23.0 Å². The predicted octanol–water partition coefficient (Wildman–Crippen LogP) is 6.62. The van der Waals surface area contributed by atoms with Gasteiger partial charge in [-0.25, -0.2) is 4.98 Å². The highest BCUT2D eigenvalue weighted by molar-refractivity contribution is 5.67. The van der Waals surface area contributed by atoms with E-state index in [0.717, 1.165) is 17.9 Å². The summed E-state index contributed by atoms with van der Waals surface area (Å²) in [5, 5.41) is 17.1. The zero-order chi connectivity index (χ0) is 21.4. The van der Waals surface area contributed by atoms with Crippen molar-refractivity contribution in [2.24, 2.45) is 5.41 Å². The van der Waals surface area contributed by atoms with Crippen molar-refractivity contribution in [1.29, 1.82) is 5.26 Å². The molecule has 0 fully saturated rings. The van der Waals surface area contributed by atoms with Crippen LogP contribution in [0, 0.1) is 16.7 Å². The van der Waals surface area contributed by atoms with E-state index < -0.39 is 5.97 Å². The lowest BCUT2D eigenvalue weighted by molar-refractivity contribution is -0.139. The molecule has 0 aliphatic heterocycles. The number of aryl methyl sites for hydroxylation is 1. The lowest BCUT2D eigenvalue weighted by atomic mass is 9.93. The molecule has 0 spiro atoms. The van der Waals surface area contributed by atoms with Gasteiger partial charge in [0.15, 0.2) is 0 Å². The largest absolute Gasteiger partial charge is 0.481 e. The van der Waals surface area contributed by atoms with E-state index in [1.54, 1.807) is 6.20 Å². The Hall–Kier alpha value is -1.83. The first kappa shape index (κ1) is 26.2. The number of H-pyrrole nitrogens is 1. The van der Waals surface area contributed by atoms with Gasteiger partial charge in [0.1, 0.15) is 5.82 Å². The Morgan fingerprint density at radius 1 is 1.14 bits per heavy atom. The quantitative estimate of drug-likeness (QED) is 0.392. The number of aromatic nitrogens is 2. The second-order valence-corrected chi connectivity index (χ2v) is 8.85. The van der Waals surface area contributed by atoms with Crippen molar-refractivity contribution in [2.45, 2.75) is 111 Å². The van der Waals surface area contributed by atoms with E-state index in [9.17, 15) is 4.79 Å². The molecule has 0 saturated carbocycles. The number of rotatable bonds is 12. The van der Waals surface area contributed by atoms with E-state index in [1.807, 2.05) is 27.7 Å². The molecule has 1 unspecified atom stereocenters. The van der Waals surface area contributed by atoms with Crippen molar-refractivity contribution >= 4 is 5.97 Å².